The van der Waals surface area contributed by atoms with Crippen molar-refractivity contribution in [1.29, 1.82) is 0 Å². The second kappa shape index (κ2) is 6.26. The minimum Gasteiger partial charge on any atom is -0.199 e. The fourth-order valence-electron chi connectivity index (χ4n) is 1.39. The largest absolute Gasteiger partial charge is 0.282 e. The molecule has 0 aliphatic rings. The first-order chi connectivity index (χ1) is 9.38. The Morgan fingerprint density at radius 2 is 1.65 bits per heavy atom. The van der Waals surface area contributed by atoms with Gasteiger partial charge in [-0.15, -0.1) is 0 Å². The number of rotatable bonds is 3. The second-order valence-corrected chi connectivity index (χ2v) is 7.20. The van der Waals surface area contributed by atoms with Crippen molar-refractivity contribution < 1.29 is 8.42 Å². The van der Waals surface area contributed by atoms with Gasteiger partial charge in [0, 0.05) is 10.7 Å². The van der Waals surface area contributed by atoms with Crippen LogP contribution in [0.4, 0.5) is 0 Å². The molecule has 0 aliphatic heterocycles. The average Bonchev–Trinajstić information content (AvgIpc) is 2.41. The topological polar surface area (TPSA) is 46.5 Å². The van der Waals surface area contributed by atoms with E-state index in [0.29, 0.717) is 15.6 Å². The number of benzene rings is 2. The Labute approximate surface area is 135 Å². The standard InChI is InChI=1S/C13H8BrCl2NO2S/c14-10-2-4-11(5-3-10)20(18,19)17-8-9-1-6-12(15)13(16)7-9/h1-8H/b17-8+. The molecule has 0 saturated heterocycles. The van der Waals surface area contributed by atoms with Gasteiger partial charge in [-0.25, -0.2) is 0 Å². The minimum atomic E-state index is -3.73. The molecule has 0 aromatic heterocycles. The zero-order chi connectivity index (χ0) is 14.8. The lowest BCUT2D eigenvalue weighted by Gasteiger charge is -2.00. The lowest BCUT2D eigenvalue weighted by atomic mass is 10.2. The van der Waals surface area contributed by atoms with Crippen LogP contribution >= 0.6 is 39.1 Å². The van der Waals surface area contributed by atoms with Crippen LogP contribution in [0.15, 0.2) is 56.2 Å². The van der Waals surface area contributed by atoms with E-state index in [1.807, 2.05) is 0 Å². The molecular formula is C13H8BrCl2NO2S. The van der Waals surface area contributed by atoms with E-state index >= 15 is 0 Å². The van der Waals surface area contributed by atoms with Gasteiger partial charge in [0.1, 0.15) is 0 Å². The molecular weight excluding hydrogens is 385 g/mol. The highest BCUT2D eigenvalue weighted by Gasteiger charge is 2.11. The number of halogens is 3. The van der Waals surface area contributed by atoms with Crippen LogP contribution < -0.4 is 0 Å². The average molecular weight is 393 g/mol. The first kappa shape index (κ1) is 15.5. The summed E-state index contributed by atoms with van der Waals surface area (Å²) in [6.45, 7) is 0. The van der Waals surface area contributed by atoms with Gasteiger partial charge in [0.25, 0.3) is 10.0 Å². The highest BCUT2D eigenvalue weighted by atomic mass is 79.9. The summed E-state index contributed by atoms with van der Waals surface area (Å²) in [6, 6.07) is 11.0. The molecule has 0 N–H and O–H groups in total. The van der Waals surface area contributed by atoms with Crippen LogP contribution in [0, 0.1) is 0 Å². The molecule has 7 heteroatoms. The summed E-state index contributed by atoms with van der Waals surface area (Å²) in [4.78, 5) is 0.122. The van der Waals surface area contributed by atoms with E-state index in [2.05, 4.69) is 20.3 Å². The molecule has 2 aromatic rings. The van der Waals surface area contributed by atoms with Crippen molar-refractivity contribution in [2.24, 2.45) is 4.40 Å². The van der Waals surface area contributed by atoms with Crippen molar-refractivity contribution in [1.82, 2.24) is 0 Å². The molecule has 0 radical (unpaired) electrons. The Bertz CT molecular complexity index is 758. The maximum atomic E-state index is 12.0. The smallest absolute Gasteiger partial charge is 0.199 e. The van der Waals surface area contributed by atoms with Gasteiger partial charge in [-0.1, -0.05) is 45.2 Å². The van der Waals surface area contributed by atoms with Gasteiger partial charge in [0.15, 0.2) is 0 Å². The summed E-state index contributed by atoms with van der Waals surface area (Å²) in [5.41, 5.74) is 0.556. The van der Waals surface area contributed by atoms with Crippen LogP contribution in [0.25, 0.3) is 0 Å². The van der Waals surface area contributed by atoms with Gasteiger partial charge in [0.05, 0.1) is 14.9 Å². The highest BCUT2D eigenvalue weighted by molar-refractivity contribution is 9.10. The number of hydrogen-bond donors (Lipinski definition) is 0. The summed E-state index contributed by atoms with van der Waals surface area (Å²) < 4.78 is 28.4. The van der Waals surface area contributed by atoms with Crippen molar-refractivity contribution >= 4 is 55.4 Å². The molecule has 0 heterocycles. The Kier molecular flexibility index (Phi) is 4.86. The van der Waals surface area contributed by atoms with E-state index in [0.717, 1.165) is 4.47 Å². The molecule has 0 bridgehead atoms. The van der Waals surface area contributed by atoms with E-state index in [-0.39, 0.29) is 4.90 Å². The van der Waals surface area contributed by atoms with Crippen LogP contribution in [-0.2, 0) is 10.0 Å². The van der Waals surface area contributed by atoms with Gasteiger partial charge in [-0.3, -0.25) is 0 Å². The van der Waals surface area contributed by atoms with E-state index in [9.17, 15) is 8.42 Å². The monoisotopic (exact) mass is 391 g/mol. The van der Waals surface area contributed by atoms with Gasteiger partial charge in [0.2, 0.25) is 0 Å². The second-order valence-electron chi connectivity index (χ2n) is 3.84. The molecule has 0 aliphatic carbocycles. The maximum absolute atomic E-state index is 12.0. The fraction of sp³-hybridized carbons (Fsp3) is 0. The summed E-state index contributed by atoms with van der Waals surface area (Å²) in [5, 5.41) is 0.747. The predicted octanol–water partition coefficient (Wildman–Crippen LogP) is 4.56. The van der Waals surface area contributed by atoms with Crippen LogP contribution in [-0.4, -0.2) is 14.6 Å². The molecule has 0 amide bonds. The lowest BCUT2D eigenvalue weighted by Crippen LogP contribution is -1.97. The molecule has 0 fully saturated rings. The molecule has 0 spiro atoms. The SMILES string of the molecule is O=S(=O)(/N=C/c1ccc(Cl)c(Cl)c1)c1ccc(Br)cc1. The third-order valence-electron chi connectivity index (χ3n) is 2.40. The van der Waals surface area contributed by atoms with Crippen LogP contribution in [0.5, 0.6) is 0 Å². The van der Waals surface area contributed by atoms with Gasteiger partial charge in [-0.05, 0) is 42.0 Å². The lowest BCUT2D eigenvalue weighted by molar-refractivity contribution is 0.598. The summed E-state index contributed by atoms with van der Waals surface area (Å²) >= 11 is 14.9. The first-order valence-electron chi connectivity index (χ1n) is 5.39. The molecule has 104 valence electrons. The van der Waals surface area contributed by atoms with Crippen LogP contribution in [0.3, 0.4) is 0 Å². The van der Waals surface area contributed by atoms with Crippen molar-refractivity contribution in [3.63, 3.8) is 0 Å². The highest BCUT2D eigenvalue weighted by Crippen LogP contribution is 2.22. The summed E-state index contributed by atoms with van der Waals surface area (Å²) in [6.07, 6.45) is 1.24. The Morgan fingerprint density at radius 1 is 1.00 bits per heavy atom. The number of sulfonamides is 1. The predicted molar refractivity (Wildman–Crippen MR) is 85.4 cm³/mol. The first-order valence-corrected chi connectivity index (χ1v) is 8.38. The van der Waals surface area contributed by atoms with Crippen LogP contribution in [0.2, 0.25) is 10.0 Å². The molecule has 20 heavy (non-hydrogen) atoms. The molecule has 2 rings (SSSR count). The van der Waals surface area contributed by atoms with Crippen molar-refractivity contribution in [2.75, 3.05) is 0 Å². The third-order valence-corrected chi connectivity index (χ3v) is 4.91. The third kappa shape index (κ3) is 3.82. The van der Waals surface area contributed by atoms with E-state index in [1.165, 1.54) is 18.3 Å². The summed E-state index contributed by atoms with van der Waals surface area (Å²) in [7, 11) is -3.73. The van der Waals surface area contributed by atoms with Gasteiger partial charge < -0.3 is 0 Å². The maximum Gasteiger partial charge on any atom is 0.282 e. The van der Waals surface area contributed by atoms with Crippen molar-refractivity contribution in [3.05, 3.63) is 62.5 Å². The molecule has 0 saturated carbocycles. The number of hydrogen-bond acceptors (Lipinski definition) is 2. The van der Waals surface area contributed by atoms with Gasteiger partial charge >= 0.3 is 0 Å². The number of nitrogens with zero attached hydrogens (tertiary/aromatic N) is 1. The zero-order valence-electron chi connectivity index (χ0n) is 9.92. The summed E-state index contributed by atoms with van der Waals surface area (Å²) in [5.74, 6) is 0. The molecule has 2 aromatic carbocycles. The Hall–Kier alpha value is -0.880. The van der Waals surface area contributed by atoms with Gasteiger partial charge in [-0.2, -0.15) is 12.8 Å². The molecule has 3 nitrogen and oxygen atoms in total. The fourth-order valence-corrected chi connectivity index (χ4v) is 2.82. The van der Waals surface area contributed by atoms with Crippen LogP contribution in [0.1, 0.15) is 5.56 Å². The Morgan fingerprint density at radius 3 is 2.25 bits per heavy atom. The van der Waals surface area contributed by atoms with E-state index < -0.39 is 10.0 Å². The Balaban J connectivity index is 2.29. The minimum absolute atomic E-state index is 0.122. The quantitative estimate of drug-likeness (QED) is 0.718. The normalized spacial score (nSPS) is 11.9. The van der Waals surface area contributed by atoms with Crippen molar-refractivity contribution in [3.8, 4) is 0 Å². The molecule has 0 atom stereocenters. The zero-order valence-corrected chi connectivity index (χ0v) is 13.8. The van der Waals surface area contributed by atoms with E-state index in [1.54, 1.807) is 30.3 Å². The van der Waals surface area contributed by atoms with E-state index in [4.69, 9.17) is 23.2 Å². The molecule has 0 unspecified atom stereocenters. The van der Waals surface area contributed by atoms with Crippen molar-refractivity contribution in [2.45, 2.75) is 4.90 Å².